The number of hydrogen-bond acceptors (Lipinski definition) is 5. The molecular weight excluding hydrogens is 435 g/mol. The van der Waals surface area contributed by atoms with Crippen LogP contribution in [0.15, 0.2) is 71.3 Å². The van der Waals surface area contributed by atoms with Crippen molar-refractivity contribution >= 4 is 21.6 Å². The molecule has 0 saturated heterocycles. The minimum Gasteiger partial charge on any atom is -0.324 e. The van der Waals surface area contributed by atoms with Gasteiger partial charge in [0.2, 0.25) is 10.0 Å². The first-order chi connectivity index (χ1) is 14.7. The van der Waals surface area contributed by atoms with Gasteiger partial charge in [-0.05, 0) is 36.4 Å². The first kappa shape index (κ1) is 22.8. The Morgan fingerprint density at radius 2 is 1.84 bits per heavy atom. The quantitative estimate of drug-likeness (QED) is 0.627. The fraction of sp³-hybridized carbons (Fsp3) is 0.250. The number of anilines is 1. The number of hydroxylamine groups is 1. The van der Waals surface area contributed by atoms with Crippen LogP contribution in [0.5, 0.6) is 0 Å². The predicted molar refractivity (Wildman–Crippen MR) is 107 cm³/mol. The second-order valence-corrected chi connectivity index (χ2v) is 8.61. The van der Waals surface area contributed by atoms with Crippen molar-refractivity contribution in [2.45, 2.75) is 17.5 Å². The lowest BCUT2D eigenvalue weighted by atomic mass is 10.2. The van der Waals surface area contributed by atoms with Crippen LogP contribution in [0.4, 0.5) is 18.9 Å². The molecular formula is C20H20F3N3O4S. The first-order valence-corrected chi connectivity index (χ1v) is 10.7. The number of alkyl halides is 3. The van der Waals surface area contributed by atoms with Crippen molar-refractivity contribution in [3.8, 4) is 0 Å². The second-order valence-electron chi connectivity index (χ2n) is 6.67. The molecule has 0 saturated carbocycles. The number of sulfonamides is 1. The Kier molecular flexibility index (Phi) is 6.98. The number of nitrogens with zero attached hydrogens (tertiary/aromatic N) is 1. The Bertz CT molecular complexity index is 1060. The average molecular weight is 455 g/mol. The molecule has 0 aromatic heterocycles. The summed E-state index contributed by atoms with van der Waals surface area (Å²) in [5.74, 6) is -0.371. The highest BCUT2D eigenvalue weighted by molar-refractivity contribution is 7.89. The number of rotatable bonds is 7. The van der Waals surface area contributed by atoms with Gasteiger partial charge in [0.25, 0.3) is 5.91 Å². The largest absolute Gasteiger partial charge is 0.416 e. The molecule has 0 spiro atoms. The van der Waals surface area contributed by atoms with Crippen molar-refractivity contribution in [2.24, 2.45) is 0 Å². The molecule has 166 valence electrons. The van der Waals surface area contributed by atoms with Gasteiger partial charge in [-0.15, -0.1) is 0 Å². The van der Waals surface area contributed by atoms with E-state index >= 15 is 0 Å². The summed E-state index contributed by atoms with van der Waals surface area (Å²) in [6, 6.07) is 12.5. The third-order valence-corrected chi connectivity index (χ3v) is 6.30. The van der Waals surface area contributed by atoms with Gasteiger partial charge in [0.05, 0.1) is 10.5 Å². The lowest BCUT2D eigenvalue weighted by Gasteiger charge is -2.26. The molecule has 2 N–H and O–H groups in total. The molecule has 2 aromatic carbocycles. The van der Waals surface area contributed by atoms with Gasteiger partial charge in [0.1, 0.15) is 0 Å². The molecule has 0 atom stereocenters. The number of para-hydroxylation sites is 1. The van der Waals surface area contributed by atoms with E-state index in [-0.39, 0.29) is 32.0 Å². The van der Waals surface area contributed by atoms with Crippen LogP contribution in [-0.2, 0) is 25.8 Å². The van der Waals surface area contributed by atoms with Crippen molar-refractivity contribution in [3.05, 3.63) is 71.9 Å². The van der Waals surface area contributed by atoms with Crippen LogP contribution >= 0.6 is 0 Å². The van der Waals surface area contributed by atoms with E-state index in [1.54, 1.807) is 30.3 Å². The van der Waals surface area contributed by atoms with E-state index in [0.29, 0.717) is 17.5 Å². The lowest BCUT2D eigenvalue weighted by molar-refractivity contribution is -0.137. The van der Waals surface area contributed by atoms with Crippen molar-refractivity contribution in [1.29, 1.82) is 0 Å². The molecule has 1 aliphatic heterocycles. The maximum absolute atomic E-state index is 12.9. The highest BCUT2D eigenvalue weighted by Gasteiger charge is 2.33. The van der Waals surface area contributed by atoms with Gasteiger partial charge in [-0.3, -0.25) is 15.1 Å². The molecule has 1 amide bonds. The normalized spacial score (nSPS) is 15.3. The van der Waals surface area contributed by atoms with Crippen molar-refractivity contribution in [3.63, 3.8) is 0 Å². The summed E-state index contributed by atoms with van der Waals surface area (Å²) in [7, 11) is -4.08. The molecule has 0 fully saturated rings. The molecule has 11 heteroatoms. The molecule has 1 heterocycles. The van der Waals surface area contributed by atoms with E-state index in [2.05, 4.69) is 10.8 Å². The molecule has 0 bridgehead atoms. The predicted octanol–water partition coefficient (Wildman–Crippen LogP) is 3.14. The number of carbonyl (C=O) groups is 1. The van der Waals surface area contributed by atoms with Crippen LogP contribution in [0, 0.1) is 0 Å². The minimum absolute atomic E-state index is 0.0412. The van der Waals surface area contributed by atoms with Gasteiger partial charge < -0.3 is 5.32 Å². The van der Waals surface area contributed by atoms with Gasteiger partial charge in [-0.25, -0.2) is 8.42 Å². The van der Waals surface area contributed by atoms with E-state index in [9.17, 15) is 26.4 Å². The fourth-order valence-corrected chi connectivity index (χ4v) is 4.28. The van der Waals surface area contributed by atoms with Crippen molar-refractivity contribution in [2.75, 3.05) is 25.0 Å². The number of hydrogen-bond donors (Lipinski definition) is 2. The van der Waals surface area contributed by atoms with Crippen LogP contribution in [0.3, 0.4) is 0 Å². The fourth-order valence-electron chi connectivity index (χ4n) is 2.86. The maximum Gasteiger partial charge on any atom is 0.416 e. The minimum atomic E-state index is -4.63. The van der Waals surface area contributed by atoms with Gasteiger partial charge >= 0.3 is 6.18 Å². The maximum atomic E-state index is 12.9. The third-order valence-electron chi connectivity index (χ3n) is 4.44. The lowest BCUT2D eigenvalue weighted by Crippen LogP contribution is -2.37. The molecule has 1 aliphatic rings. The van der Waals surface area contributed by atoms with Crippen molar-refractivity contribution in [1.82, 2.24) is 9.79 Å². The summed E-state index contributed by atoms with van der Waals surface area (Å²) in [6.45, 7) is -0.254. The van der Waals surface area contributed by atoms with Gasteiger partial charge in [0, 0.05) is 30.9 Å². The molecule has 0 unspecified atom stereocenters. The Balaban J connectivity index is 1.53. The Morgan fingerprint density at radius 1 is 1.10 bits per heavy atom. The summed E-state index contributed by atoms with van der Waals surface area (Å²) in [6.07, 6.45) is -2.84. The van der Waals surface area contributed by atoms with E-state index in [0.717, 1.165) is 22.5 Å². The van der Waals surface area contributed by atoms with Crippen LogP contribution in [0.25, 0.3) is 0 Å². The van der Waals surface area contributed by atoms with Crippen LogP contribution < -0.4 is 10.8 Å². The Hall–Kier alpha value is -2.89. The topological polar surface area (TPSA) is 87.7 Å². The van der Waals surface area contributed by atoms with Gasteiger partial charge in [0.15, 0.2) is 6.61 Å². The highest BCUT2D eigenvalue weighted by Crippen LogP contribution is 2.31. The first-order valence-electron chi connectivity index (χ1n) is 9.25. The number of halogens is 3. The number of nitrogens with one attached hydrogen (secondary N) is 2. The third kappa shape index (κ3) is 6.06. The molecule has 31 heavy (non-hydrogen) atoms. The van der Waals surface area contributed by atoms with Crippen molar-refractivity contribution < 1.29 is 31.2 Å². The zero-order valence-electron chi connectivity index (χ0n) is 16.2. The molecule has 0 aliphatic carbocycles. The van der Waals surface area contributed by atoms with E-state index in [1.165, 1.54) is 0 Å². The molecule has 0 radical (unpaired) electrons. The Labute approximate surface area is 177 Å². The van der Waals surface area contributed by atoms with E-state index in [4.69, 9.17) is 4.84 Å². The number of benzene rings is 2. The van der Waals surface area contributed by atoms with Crippen LogP contribution in [0.1, 0.15) is 12.0 Å². The summed E-state index contributed by atoms with van der Waals surface area (Å²) < 4.78 is 65.1. The van der Waals surface area contributed by atoms with E-state index in [1.807, 2.05) is 6.07 Å². The number of carbonyl (C=O) groups excluding carboxylic acids is 1. The molecule has 7 nitrogen and oxygen atoms in total. The summed E-state index contributed by atoms with van der Waals surface area (Å²) in [5.41, 5.74) is 2.79. The zero-order valence-corrected chi connectivity index (χ0v) is 17.0. The summed E-state index contributed by atoms with van der Waals surface area (Å²) in [5, 5.41) is 2.65. The van der Waals surface area contributed by atoms with Gasteiger partial charge in [-0.2, -0.15) is 17.5 Å². The zero-order chi connectivity index (χ0) is 22.5. The Morgan fingerprint density at radius 3 is 2.48 bits per heavy atom. The molecule has 2 aromatic rings. The highest BCUT2D eigenvalue weighted by atomic mass is 32.2. The summed E-state index contributed by atoms with van der Waals surface area (Å²) in [4.78, 5) is 16.6. The number of amides is 1. The summed E-state index contributed by atoms with van der Waals surface area (Å²) >= 11 is 0. The smallest absolute Gasteiger partial charge is 0.324 e. The van der Waals surface area contributed by atoms with Gasteiger partial charge in [-0.1, -0.05) is 24.3 Å². The molecule has 3 rings (SSSR count). The SMILES string of the molecule is O=C(CONC1=CCN(S(=O)(=O)c2cccc(C(F)(F)F)c2)CC1)Nc1ccccc1. The average Bonchev–Trinajstić information content (AvgIpc) is 2.74. The standard InChI is InChI=1S/C20H20F3N3O4S/c21-20(22,23)15-5-4-8-18(13-15)31(28,29)26-11-9-17(10-12-26)25-30-14-19(27)24-16-6-2-1-3-7-16/h1-9,13,25H,10-12,14H2,(H,24,27). The van der Waals surface area contributed by atoms with E-state index < -0.39 is 26.7 Å². The monoisotopic (exact) mass is 455 g/mol. The second kappa shape index (κ2) is 9.50. The van der Waals surface area contributed by atoms with Crippen LogP contribution in [-0.4, -0.2) is 38.3 Å². The van der Waals surface area contributed by atoms with Crippen LogP contribution in [0.2, 0.25) is 0 Å².